The first-order chi connectivity index (χ1) is 7.02. The third-order valence-electron chi connectivity index (χ3n) is 1.94. The molecule has 1 rings (SSSR count). The molecule has 0 aliphatic rings. The maximum absolute atomic E-state index is 13.4. The summed E-state index contributed by atoms with van der Waals surface area (Å²) in [4.78, 5) is 0. The lowest BCUT2D eigenvalue weighted by Crippen LogP contribution is -2.17. The minimum Gasteiger partial charge on any atom is -0.491 e. The molecule has 0 fully saturated rings. The largest absolute Gasteiger partial charge is 0.491 e. The number of methoxy groups -OCH3 is 1. The monoisotopic (exact) mass is 221 g/mol. The van der Waals surface area contributed by atoms with E-state index >= 15 is 0 Å². The van der Waals surface area contributed by atoms with Crippen LogP contribution in [0.3, 0.4) is 0 Å². The van der Waals surface area contributed by atoms with Gasteiger partial charge in [0.2, 0.25) is 5.82 Å². The molecule has 15 heavy (non-hydrogen) atoms. The first-order valence-corrected chi connectivity index (χ1v) is 4.10. The van der Waals surface area contributed by atoms with Crippen LogP contribution in [0.5, 0.6) is 5.75 Å². The molecule has 0 aromatic heterocycles. The molecule has 0 aliphatic heterocycles. The van der Waals surface area contributed by atoms with Gasteiger partial charge in [0.1, 0.15) is 0 Å². The van der Waals surface area contributed by atoms with Gasteiger partial charge in [-0.05, 0) is 6.07 Å². The van der Waals surface area contributed by atoms with Crippen molar-refractivity contribution in [1.82, 2.24) is 0 Å². The van der Waals surface area contributed by atoms with Gasteiger partial charge in [-0.25, -0.2) is 8.78 Å². The number of hydrogen-bond donors (Lipinski definition) is 2. The van der Waals surface area contributed by atoms with Crippen LogP contribution in [0.2, 0.25) is 0 Å². The van der Waals surface area contributed by atoms with Gasteiger partial charge in [-0.1, -0.05) is 0 Å². The fourth-order valence-electron chi connectivity index (χ4n) is 1.15. The zero-order valence-corrected chi connectivity index (χ0v) is 7.93. The zero-order chi connectivity index (χ0) is 11.6. The second kappa shape index (κ2) is 4.50. The first kappa shape index (κ1) is 11.8. The second-order valence-electron chi connectivity index (χ2n) is 2.90. The van der Waals surface area contributed by atoms with Crippen molar-refractivity contribution < 1.29 is 23.0 Å². The van der Waals surface area contributed by atoms with Crippen LogP contribution in [0.4, 0.5) is 13.2 Å². The van der Waals surface area contributed by atoms with E-state index < -0.39 is 35.8 Å². The molecular weight excluding hydrogens is 211 g/mol. The Balaban J connectivity index is 3.36. The van der Waals surface area contributed by atoms with E-state index in [1.165, 1.54) is 0 Å². The van der Waals surface area contributed by atoms with Gasteiger partial charge in [-0.15, -0.1) is 0 Å². The highest BCUT2D eigenvalue weighted by atomic mass is 19.2. The Hall–Kier alpha value is -1.27. The molecule has 1 aromatic rings. The molecule has 0 saturated heterocycles. The Morgan fingerprint density at radius 2 is 2.00 bits per heavy atom. The standard InChI is InChI=1S/C9H10F3NO2/c1-15-9-7(11)4(6(13)3-14)2-5(10)8(9)12/h2,6,14H,3,13H2,1H3. The van der Waals surface area contributed by atoms with Gasteiger partial charge in [-0.2, -0.15) is 4.39 Å². The maximum Gasteiger partial charge on any atom is 0.203 e. The van der Waals surface area contributed by atoms with Crippen molar-refractivity contribution in [3.63, 3.8) is 0 Å². The minimum atomic E-state index is -1.41. The van der Waals surface area contributed by atoms with Crippen molar-refractivity contribution in [3.8, 4) is 5.75 Å². The normalized spacial score (nSPS) is 12.7. The highest BCUT2D eigenvalue weighted by molar-refractivity contribution is 5.35. The third-order valence-corrected chi connectivity index (χ3v) is 1.94. The van der Waals surface area contributed by atoms with Crippen molar-refractivity contribution in [2.45, 2.75) is 6.04 Å². The predicted molar refractivity (Wildman–Crippen MR) is 46.9 cm³/mol. The van der Waals surface area contributed by atoms with Crippen LogP contribution in [-0.4, -0.2) is 18.8 Å². The number of halogens is 3. The van der Waals surface area contributed by atoms with E-state index in [9.17, 15) is 13.2 Å². The van der Waals surface area contributed by atoms with Gasteiger partial charge in [0.25, 0.3) is 0 Å². The van der Waals surface area contributed by atoms with Crippen molar-refractivity contribution in [2.75, 3.05) is 13.7 Å². The Morgan fingerprint density at radius 1 is 1.40 bits per heavy atom. The topological polar surface area (TPSA) is 55.5 Å². The summed E-state index contributed by atoms with van der Waals surface area (Å²) >= 11 is 0. The van der Waals surface area contributed by atoms with E-state index in [0.717, 1.165) is 7.11 Å². The molecule has 0 amide bonds. The van der Waals surface area contributed by atoms with Gasteiger partial charge < -0.3 is 15.6 Å². The molecule has 84 valence electrons. The van der Waals surface area contributed by atoms with Crippen LogP contribution in [0.1, 0.15) is 11.6 Å². The van der Waals surface area contributed by atoms with Crippen molar-refractivity contribution >= 4 is 0 Å². The second-order valence-corrected chi connectivity index (χ2v) is 2.90. The van der Waals surface area contributed by atoms with E-state index in [1.54, 1.807) is 0 Å². The molecule has 0 aliphatic carbocycles. The predicted octanol–water partition coefficient (Wildman–Crippen LogP) is 1.10. The van der Waals surface area contributed by atoms with Crippen LogP contribution >= 0.6 is 0 Å². The van der Waals surface area contributed by atoms with Gasteiger partial charge in [0.05, 0.1) is 19.8 Å². The number of rotatable bonds is 3. The maximum atomic E-state index is 13.4. The average Bonchev–Trinajstić information content (AvgIpc) is 2.23. The smallest absolute Gasteiger partial charge is 0.203 e. The van der Waals surface area contributed by atoms with E-state index in [0.29, 0.717) is 6.07 Å². The van der Waals surface area contributed by atoms with Gasteiger partial charge in [0, 0.05) is 5.56 Å². The summed E-state index contributed by atoms with van der Waals surface area (Å²) in [6.45, 7) is -0.578. The Labute approximate surface area is 84.3 Å². The van der Waals surface area contributed by atoms with Crippen LogP contribution < -0.4 is 10.5 Å². The Morgan fingerprint density at radius 3 is 2.47 bits per heavy atom. The van der Waals surface area contributed by atoms with Crippen molar-refractivity contribution in [1.29, 1.82) is 0 Å². The molecular formula is C9H10F3NO2. The summed E-state index contributed by atoms with van der Waals surface area (Å²) in [7, 11) is 1.01. The lowest BCUT2D eigenvalue weighted by Gasteiger charge is -2.13. The van der Waals surface area contributed by atoms with Gasteiger partial charge in [-0.3, -0.25) is 0 Å². The van der Waals surface area contributed by atoms with Crippen LogP contribution in [0.25, 0.3) is 0 Å². The van der Waals surface area contributed by atoms with E-state index in [4.69, 9.17) is 10.8 Å². The SMILES string of the molecule is COc1c(F)c(F)cc(C(N)CO)c1F. The molecule has 6 heteroatoms. The molecule has 1 atom stereocenters. The summed E-state index contributed by atoms with van der Waals surface area (Å²) in [5, 5.41) is 8.69. The first-order valence-electron chi connectivity index (χ1n) is 4.10. The summed E-state index contributed by atoms with van der Waals surface area (Å²) in [5.74, 6) is -4.62. The van der Waals surface area contributed by atoms with Gasteiger partial charge in [0.15, 0.2) is 17.4 Å². The van der Waals surface area contributed by atoms with Gasteiger partial charge >= 0.3 is 0 Å². The molecule has 0 bridgehead atoms. The molecule has 0 saturated carbocycles. The Kier molecular flexibility index (Phi) is 3.54. The molecule has 0 spiro atoms. The summed E-state index contributed by atoms with van der Waals surface area (Å²) in [6.07, 6.45) is 0. The summed E-state index contributed by atoms with van der Waals surface area (Å²) in [6, 6.07) is -0.511. The number of hydrogen-bond acceptors (Lipinski definition) is 3. The molecule has 3 N–H and O–H groups in total. The highest BCUT2D eigenvalue weighted by Crippen LogP contribution is 2.29. The number of aliphatic hydroxyl groups is 1. The van der Waals surface area contributed by atoms with Crippen LogP contribution in [-0.2, 0) is 0 Å². The van der Waals surface area contributed by atoms with E-state index in [1.807, 2.05) is 0 Å². The van der Waals surface area contributed by atoms with E-state index in [-0.39, 0.29) is 5.56 Å². The summed E-state index contributed by atoms with van der Waals surface area (Å²) in [5.41, 5.74) is 4.98. The lowest BCUT2D eigenvalue weighted by atomic mass is 10.1. The van der Waals surface area contributed by atoms with Crippen LogP contribution in [0.15, 0.2) is 6.07 Å². The number of ether oxygens (including phenoxy) is 1. The van der Waals surface area contributed by atoms with Crippen molar-refractivity contribution in [2.24, 2.45) is 5.73 Å². The molecule has 1 unspecified atom stereocenters. The summed E-state index contributed by atoms with van der Waals surface area (Å²) < 4.78 is 43.7. The fourth-order valence-corrected chi connectivity index (χ4v) is 1.15. The quantitative estimate of drug-likeness (QED) is 0.751. The number of aliphatic hydroxyl groups excluding tert-OH is 1. The molecule has 0 heterocycles. The minimum absolute atomic E-state index is 0.326. The average molecular weight is 221 g/mol. The molecule has 3 nitrogen and oxygen atoms in total. The highest BCUT2D eigenvalue weighted by Gasteiger charge is 2.22. The number of benzene rings is 1. The van der Waals surface area contributed by atoms with Crippen molar-refractivity contribution in [3.05, 3.63) is 29.1 Å². The molecule has 1 aromatic carbocycles. The molecule has 0 radical (unpaired) electrons. The van der Waals surface area contributed by atoms with Crippen LogP contribution in [0, 0.1) is 17.5 Å². The lowest BCUT2D eigenvalue weighted by molar-refractivity contribution is 0.262. The third kappa shape index (κ3) is 2.05. The zero-order valence-electron chi connectivity index (χ0n) is 7.93. The van der Waals surface area contributed by atoms with E-state index in [2.05, 4.69) is 4.74 Å². The number of nitrogens with two attached hydrogens (primary N) is 1. The fraction of sp³-hybridized carbons (Fsp3) is 0.333. The Bertz CT molecular complexity index is 371.